The van der Waals surface area contributed by atoms with Crippen LogP contribution in [0.15, 0.2) is 59.5 Å². The molecule has 0 aromatic heterocycles. The summed E-state index contributed by atoms with van der Waals surface area (Å²) in [5.41, 5.74) is 2.46. The fraction of sp³-hybridized carbons (Fsp3) is 0.462. The standard InChI is InChI=1S/C26H35NO2S/c1-3-14-25(27-30(28,29)26-21-19-23(2)20-22-26)18-13-8-6-4-5-7-10-15-24-16-11-9-12-17-24/h1,9,11-12,16-17,19-22,25,27H,4-8,10,13-15,18H2,2H3/t25-/m0/s1. The minimum absolute atomic E-state index is 0.202. The molecule has 2 aromatic carbocycles. The fourth-order valence-electron chi connectivity index (χ4n) is 3.60. The van der Waals surface area contributed by atoms with Crippen molar-refractivity contribution in [2.75, 3.05) is 0 Å². The molecule has 0 saturated carbocycles. The quantitative estimate of drug-likeness (QED) is 0.297. The first-order chi connectivity index (χ1) is 14.5. The van der Waals surface area contributed by atoms with Crippen LogP contribution in [-0.4, -0.2) is 14.5 Å². The normalized spacial score (nSPS) is 12.4. The van der Waals surface area contributed by atoms with Gasteiger partial charge in [0.15, 0.2) is 0 Å². The van der Waals surface area contributed by atoms with E-state index >= 15 is 0 Å². The van der Waals surface area contributed by atoms with Gasteiger partial charge in [-0.3, -0.25) is 0 Å². The summed E-state index contributed by atoms with van der Waals surface area (Å²) in [6, 6.07) is 17.4. The zero-order chi connectivity index (χ0) is 21.7. The first-order valence-electron chi connectivity index (χ1n) is 11.1. The first-order valence-corrected chi connectivity index (χ1v) is 12.6. The van der Waals surface area contributed by atoms with Crippen LogP contribution >= 0.6 is 0 Å². The molecule has 0 unspecified atom stereocenters. The summed E-state index contributed by atoms with van der Waals surface area (Å²) < 4.78 is 28.0. The number of sulfonamides is 1. The molecule has 0 fully saturated rings. The molecule has 2 rings (SSSR count). The van der Waals surface area contributed by atoms with Gasteiger partial charge in [0.1, 0.15) is 0 Å². The monoisotopic (exact) mass is 425 g/mol. The highest BCUT2D eigenvalue weighted by Gasteiger charge is 2.19. The second kappa shape index (κ2) is 13.3. The third kappa shape index (κ3) is 9.15. The molecule has 1 N–H and O–H groups in total. The summed E-state index contributed by atoms with van der Waals surface area (Å²) in [6.07, 6.45) is 16.1. The molecule has 1 atom stereocenters. The molecule has 0 saturated heterocycles. The number of benzene rings is 2. The molecule has 30 heavy (non-hydrogen) atoms. The summed E-state index contributed by atoms with van der Waals surface area (Å²) in [6.45, 7) is 1.94. The van der Waals surface area contributed by atoms with Crippen molar-refractivity contribution < 1.29 is 8.42 Å². The van der Waals surface area contributed by atoms with Crippen LogP contribution in [0.1, 0.15) is 68.9 Å². The predicted molar refractivity (Wildman–Crippen MR) is 126 cm³/mol. The maximum atomic E-state index is 12.6. The molecule has 2 aromatic rings. The van der Waals surface area contributed by atoms with Gasteiger partial charge in [0.05, 0.1) is 4.90 Å². The Morgan fingerprint density at radius 2 is 1.47 bits per heavy atom. The van der Waals surface area contributed by atoms with Crippen LogP contribution in [0.3, 0.4) is 0 Å². The lowest BCUT2D eigenvalue weighted by Gasteiger charge is -2.17. The molecule has 0 aliphatic heterocycles. The van der Waals surface area contributed by atoms with Crippen molar-refractivity contribution in [3.63, 3.8) is 0 Å². The van der Waals surface area contributed by atoms with E-state index in [1.807, 2.05) is 19.1 Å². The van der Waals surface area contributed by atoms with Crippen LogP contribution in [0.4, 0.5) is 0 Å². The Morgan fingerprint density at radius 1 is 0.867 bits per heavy atom. The summed E-state index contributed by atoms with van der Waals surface area (Å²) >= 11 is 0. The molecule has 162 valence electrons. The molecular formula is C26H35NO2S. The highest BCUT2D eigenvalue weighted by atomic mass is 32.2. The smallest absolute Gasteiger partial charge is 0.207 e. The van der Waals surface area contributed by atoms with Crippen molar-refractivity contribution in [2.45, 2.75) is 82.1 Å². The van der Waals surface area contributed by atoms with Gasteiger partial charge in [-0.2, -0.15) is 0 Å². The Hall–Kier alpha value is -2.09. The minimum atomic E-state index is -3.52. The Labute approximate surface area is 183 Å². The van der Waals surface area contributed by atoms with E-state index in [9.17, 15) is 8.42 Å². The summed E-state index contributed by atoms with van der Waals surface area (Å²) in [5.74, 6) is 2.61. The number of terminal acetylenes is 1. The van der Waals surface area contributed by atoms with Gasteiger partial charge in [0, 0.05) is 12.5 Å². The molecule has 0 heterocycles. The molecule has 4 heteroatoms. The lowest BCUT2D eigenvalue weighted by molar-refractivity contribution is 0.497. The largest absolute Gasteiger partial charge is 0.240 e. The molecular weight excluding hydrogens is 390 g/mol. The SMILES string of the molecule is C#CC[C@@H](CCCCCCCCCc1ccccc1)NS(=O)(=O)c1ccc(C)cc1. The maximum Gasteiger partial charge on any atom is 0.240 e. The second-order valence-corrected chi connectivity index (χ2v) is 9.75. The molecule has 0 spiro atoms. The maximum absolute atomic E-state index is 12.6. The summed E-state index contributed by atoms with van der Waals surface area (Å²) in [7, 11) is -3.52. The van der Waals surface area contributed by atoms with Gasteiger partial charge < -0.3 is 0 Å². The summed E-state index contributed by atoms with van der Waals surface area (Å²) in [4.78, 5) is 0.297. The van der Waals surface area contributed by atoms with Crippen molar-refractivity contribution in [1.82, 2.24) is 4.72 Å². The second-order valence-electron chi connectivity index (χ2n) is 8.04. The number of rotatable bonds is 14. The van der Waals surface area contributed by atoms with Crippen LogP contribution < -0.4 is 4.72 Å². The van der Waals surface area contributed by atoms with E-state index in [-0.39, 0.29) is 6.04 Å². The van der Waals surface area contributed by atoms with E-state index < -0.39 is 10.0 Å². The number of hydrogen-bond acceptors (Lipinski definition) is 2. The van der Waals surface area contributed by atoms with E-state index in [0.717, 1.165) is 31.2 Å². The molecule has 0 aliphatic carbocycles. The van der Waals surface area contributed by atoms with Crippen molar-refractivity contribution in [1.29, 1.82) is 0 Å². The summed E-state index contributed by atoms with van der Waals surface area (Å²) in [5, 5.41) is 0. The number of hydrogen-bond donors (Lipinski definition) is 1. The number of nitrogens with one attached hydrogen (secondary N) is 1. The Kier molecular flexibility index (Phi) is 10.7. The van der Waals surface area contributed by atoms with Crippen molar-refractivity contribution in [3.8, 4) is 12.3 Å². The Balaban J connectivity index is 1.61. The van der Waals surface area contributed by atoms with E-state index in [4.69, 9.17) is 6.42 Å². The van der Waals surface area contributed by atoms with Gasteiger partial charge >= 0.3 is 0 Å². The minimum Gasteiger partial charge on any atom is -0.207 e. The third-order valence-electron chi connectivity index (χ3n) is 5.38. The van der Waals surface area contributed by atoms with E-state index in [1.165, 1.54) is 37.7 Å². The van der Waals surface area contributed by atoms with Gasteiger partial charge in [-0.15, -0.1) is 12.3 Å². The zero-order valence-electron chi connectivity index (χ0n) is 18.1. The van der Waals surface area contributed by atoms with Gasteiger partial charge in [-0.25, -0.2) is 13.1 Å². The lowest BCUT2D eigenvalue weighted by Crippen LogP contribution is -2.34. The average molecular weight is 426 g/mol. The lowest BCUT2D eigenvalue weighted by atomic mass is 10.0. The Bertz CT molecular complexity index is 867. The van der Waals surface area contributed by atoms with E-state index in [2.05, 4.69) is 41.0 Å². The van der Waals surface area contributed by atoms with E-state index in [1.54, 1.807) is 12.1 Å². The van der Waals surface area contributed by atoms with Crippen molar-refractivity contribution in [2.24, 2.45) is 0 Å². The van der Waals surface area contributed by atoms with Crippen LogP contribution in [0.5, 0.6) is 0 Å². The third-order valence-corrected chi connectivity index (χ3v) is 6.91. The van der Waals surface area contributed by atoms with Crippen molar-refractivity contribution in [3.05, 3.63) is 65.7 Å². The molecule has 3 nitrogen and oxygen atoms in total. The fourth-order valence-corrected chi connectivity index (χ4v) is 4.87. The van der Waals surface area contributed by atoms with Gasteiger partial charge in [0.2, 0.25) is 10.0 Å². The zero-order valence-corrected chi connectivity index (χ0v) is 19.0. The van der Waals surface area contributed by atoms with Crippen LogP contribution in [0.2, 0.25) is 0 Å². The van der Waals surface area contributed by atoms with Crippen LogP contribution in [0.25, 0.3) is 0 Å². The highest BCUT2D eigenvalue weighted by molar-refractivity contribution is 7.89. The number of aryl methyl sites for hydroxylation is 2. The molecule has 0 bridgehead atoms. The number of unbranched alkanes of at least 4 members (excludes halogenated alkanes) is 6. The average Bonchev–Trinajstić information content (AvgIpc) is 2.73. The van der Waals surface area contributed by atoms with Crippen LogP contribution in [-0.2, 0) is 16.4 Å². The van der Waals surface area contributed by atoms with Gasteiger partial charge in [0.25, 0.3) is 0 Å². The van der Waals surface area contributed by atoms with Crippen molar-refractivity contribution >= 4 is 10.0 Å². The molecule has 0 radical (unpaired) electrons. The van der Waals surface area contributed by atoms with Gasteiger partial charge in [-0.1, -0.05) is 86.6 Å². The molecule has 0 aliphatic rings. The predicted octanol–water partition coefficient (Wildman–Crippen LogP) is 6.03. The molecule has 0 amide bonds. The highest BCUT2D eigenvalue weighted by Crippen LogP contribution is 2.15. The topological polar surface area (TPSA) is 46.2 Å². The van der Waals surface area contributed by atoms with E-state index in [0.29, 0.717) is 11.3 Å². The van der Waals surface area contributed by atoms with Gasteiger partial charge in [-0.05, 0) is 43.9 Å². The Morgan fingerprint density at radius 3 is 2.10 bits per heavy atom. The first kappa shape index (κ1) is 24.2. The van der Waals surface area contributed by atoms with Crippen LogP contribution in [0, 0.1) is 19.3 Å².